The van der Waals surface area contributed by atoms with Crippen LogP contribution in [0, 0.1) is 5.41 Å². The topological polar surface area (TPSA) is 457 Å². The first kappa shape index (κ1) is 48.9. The predicted octanol–water partition coefficient (Wildman–Crippen LogP) is -4.78. The van der Waals surface area contributed by atoms with E-state index in [2.05, 4.69) is 0 Å². The summed E-state index contributed by atoms with van der Waals surface area (Å²) in [5.41, 5.74) is -8.92. The number of carboxylic acid groups (broad SMARTS) is 9. The van der Waals surface area contributed by atoms with Crippen LogP contribution in [-0.4, -0.2) is 167 Å². The maximum absolute atomic E-state index is 10.3. The minimum Gasteiger partial charge on any atom is -0.481 e. The van der Waals surface area contributed by atoms with Crippen molar-refractivity contribution >= 4 is 53.7 Å². The van der Waals surface area contributed by atoms with Crippen LogP contribution in [0.2, 0.25) is 0 Å². The summed E-state index contributed by atoms with van der Waals surface area (Å²) >= 11 is 0. The Morgan fingerprint density at radius 1 is 0.362 bits per heavy atom. The highest BCUT2D eigenvalue weighted by molar-refractivity contribution is 5.89. The van der Waals surface area contributed by atoms with Crippen molar-refractivity contribution in [3.05, 3.63) is 0 Å². The molecule has 0 heterocycles. The monoisotopic (exact) mass is 696 g/mol. The first-order valence-electron chi connectivity index (χ1n) is 12.0. The van der Waals surface area contributed by atoms with Crippen LogP contribution in [0.4, 0.5) is 0 Å². The molecular formula is C23H36O24. The molecule has 0 fully saturated rings. The highest BCUT2D eigenvalue weighted by Crippen LogP contribution is 2.17. The molecule has 0 aromatic carbocycles. The molecule has 0 spiro atoms. The molecule has 272 valence electrons. The van der Waals surface area contributed by atoms with E-state index in [0.717, 1.165) is 0 Å². The van der Waals surface area contributed by atoms with E-state index < -0.39 is 114 Å². The summed E-state index contributed by atoms with van der Waals surface area (Å²) in [6.45, 7) is 1.06. The van der Waals surface area contributed by atoms with Crippen LogP contribution < -0.4 is 0 Å². The standard InChI is InChI=1S/3C6H8O7.C5H12O3/c3*7-3(8)1-6(13,5(11)12)2-4(9)10;1-5(2-6,3-7)4-8/h3*13H,1-2H2,(H,7,8)(H,9,10)(H,11,12);6-8H,2-4H2,1H3. The predicted molar refractivity (Wildman–Crippen MR) is 141 cm³/mol. The summed E-state index contributed by atoms with van der Waals surface area (Å²) in [7, 11) is 0. The smallest absolute Gasteiger partial charge is 0.336 e. The number of hydrogen-bond donors (Lipinski definition) is 15. The molecule has 0 atom stereocenters. The maximum Gasteiger partial charge on any atom is 0.336 e. The Bertz CT molecular complexity index is 940. The Morgan fingerprint density at radius 3 is 0.532 bits per heavy atom. The molecular weight excluding hydrogens is 660 g/mol. The Hall–Kier alpha value is -5.01. The van der Waals surface area contributed by atoms with Gasteiger partial charge < -0.3 is 76.6 Å². The molecule has 0 saturated heterocycles. The van der Waals surface area contributed by atoms with Crippen LogP contribution in [0.1, 0.15) is 45.4 Å². The van der Waals surface area contributed by atoms with Crippen molar-refractivity contribution in [2.24, 2.45) is 5.41 Å². The summed E-state index contributed by atoms with van der Waals surface area (Å²) in [6.07, 6.45) is -6.87. The molecule has 0 saturated carbocycles. The molecule has 0 amide bonds. The van der Waals surface area contributed by atoms with Crippen molar-refractivity contribution in [1.82, 2.24) is 0 Å². The lowest BCUT2D eigenvalue weighted by molar-refractivity contribution is -0.170. The molecule has 24 heteroatoms. The number of aliphatic carboxylic acids is 9. The van der Waals surface area contributed by atoms with Gasteiger partial charge in [0.1, 0.15) is 0 Å². The van der Waals surface area contributed by atoms with Crippen molar-refractivity contribution in [2.45, 2.75) is 62.3 Å². The Morgan fingerprint density at radius 2 is 0.489 bits per heavy atom. The molecule has 0 aliphatic carbocycles. The zero-order valence-corrected chi connectivity index (χ0v) is 24.2. The van der Waals surface area contributed by atoms with E-state index in [9.17, 15) is 43.2 Å². The van der Waals surface area contributed by atoms with Gasteiger partial charge in [-0.3, -0.25) is 28.8 Å². The van der Waals surface area contributed by atoms with E-state index in [1.165, 1.54) is 0 Å². The van der Waals surface area contributed by atoms with E-state index >= 15 is 0 Å². The maximum atomic E-state index is 10.3. The number of carboxylic acids is 9. The van der Waals surface area contributed by atoms with Crippen molar-refractivity contribution in [3.63, 3.8) is 0 Å². The van der Waals surface area contributed by atoms with Crippen molar-refractivity contribution in [1.29, 1.82) is 0 Å². The molecule has 15 N–H and O–H groups in total. The fourth-order valence-electron chi connectivity index (χ4n) is 2.29. The summed E-state index contributed by atoms with van der Waals surface area (Å²) in [6, 6.07) is 0. The highest BCUT2D eigenvalue weighted by atomic mass is 16.4. The number of rotatable bonds is 18. The molecule has 0 rings (SSSR count). The van der Waals surface area contributed by atoms with Crippen LogP contribution >= 0.6 is 0 Å². The van der Waals surface area contributed by atoms with Crippen LogP contribution in [0.3, 0.4) is 0 Å². The van der Waals surface area contributed by atoms with Crippen molar-refractivity contribution < 1.29 is 120 Å². The average Bonchev–Trinajstić information content (AvgIpc) is 2.86. The fourth-order valence-corrected chi connectivity index (χ4v) is 2.29. The summed E-state index contributed by atoms with van der Waals surface area (Å²) in [4.78, 5) is 91.5. The van der Waals surface area contributed by atoms with Gasteiger partial charge in [-0.05, 0) is 0 Å². The SMILES string of the molecule is CC(CO)(CO)CO.O=C(O)CC(O)(CC(=O)O)C(=O)O.O=C(O)CC(O)(CC(=O)O)C(=O)O.O=C(O)CC(O)(CC(=O)O)C(=O)O. The van der Waals surface area contributed by atoms with Crippen molar-refractivity contribution in [2.75, 3.05) is 19.8 Å². The lowest BCUT2D eigenvalue weighted by Crippen LogP contribution is -2.42. The molecule has 0 aromatic heterocycles. The van der Waals surface area contributed by atoms with Crippen LogP contribution in [0.15, 0.2) is 0 Å². The number of aliphatic hydroxyl groups is 6. The van der Waals surface area contributed by atoms with Crippen LogP contribution in [0.25, 0.3) is 0 Å². The lowest BCUT2D eigenvalue weighted by Gasteiger charge is -2.20. The average molecular weight is 697 g/mol. The summed E-state index contributed by atoms with van der Waals surface area (Å²) in [5.74, 6) is -15.1. The zero-order chi connectivity index (χ0) is 38.6. The Balaban J connectivity index is -0.000000266. The van der Waals surface area contributed by atoms with Gasteiger partial charge in [0, 0.05) is 5.41 Å². The molecule has 0 radical (unpaired) electrons. The van der Waals surface area contributed by atoms with Crippen LogP contribution in [0.5, 0.6) is 0 Å². The van der Waals surface area contributed by atoms with Gasteiger partial charge in [0.05, 0.1) is 58.3 Å². The zero-order valence-electron chi connectivity index (χ0n) is 24.2. The minimum atomic E-state index is -2.74. The Kier molecular flexibility index (Phi) is 22.5. The molecule has 0 unspecified atom stereocenters. The first-order valence-corrected chi connectivity index (χ1v) is 12.0. The second-order valence-corrected chi connectivity index (χ2v) is 9.72. The quantitative estimate of drug-likeness (QED) is 0.0639. The van der Waals surface area contributed by atoms with Gasteiger partial charge in [-0.1, -0.05) is 6.92 Å². The van der Waals surface area contributed by atoms with E-state index in [1.807, 2.05) is 0 Å². The minimum absolute atomic E-state index is 0.181. The van der Waals surface area contributed by atoms with Gasteiger partial charge in [-0.25, -0.2) is 14.4 Å². The van der Waals surface area contributed by atoms with Gasteiger partial charge in [-0.15, -0.1) is 0 Å². The molecule has 0 bridgehead atoms. The second-order valence-electron chi connectivity index (χ2n) is 9.72. The summed E-state index contributed by atoms with van der Waals surface area (Å²) < 4.78 is 0. The largest absolute Gasteiger partial charge is 0.481 e. The van der Waals surface area contributed by atoms with E-state index in [0.29, 0.717) is 0 Å². The van der Waals surface area contributed by atoms with Gasteiger partial charge in [0.15, 0.2) is 16.8 Å². The fraction of sp³-hybridized carbons (Fsp3) is 0.609. The van der Waals surface area contributed by atoms with Gasteiger partial charge in [0.2, 0.25) is 0 Å². The van der Waals surface area contributed by atoms with E-state index in [1.54, 1.807) is 6.92 Å². The third-order valence-corrected chi connectivity index (χ3v) is 5.00. The first-order chi connectivity index (χ1) is 21.0. The summed E-state index contributed by atoms with van der Waals surface area (Å²) in [5, 5.41) is 127. The lowest BCUT2D eigenvalue weighted by atomic mass is 9.95. The highest BCUT2D eigenvalue weighted by Gasteiger charge is 2.42. The second kappa shape index (κ2) is 21.7. The van der Waals surface area contributed by atoms with Crippen LogP contribution in [-0.2, 0) is 43.2 Å². The third-order valence-electron chi connectivity index (χ3n) is 5.00. The molecule has 47 heavy (non-hydrogen) atoms. The molecule has 0 aliphatic rings. The van der Waals surface area contributed by atoms with Crippen molar-refractivity contribution in [3.8, 4) is 0 Å². The molecule has 0 aromatic rings. The van der Waals surface area contributed by atoms with Gasteiger partial charge in [-0.2, -0.15) is 0 Å². The number of carbonyl (C=O) groups is 9. The number of hydrogen-bond acceptors (Lipinski definition) is 15. The van der Waals surface area contributed by atoms with E-state index in [-0.39, 0.29) is 19.8 Å². The number of aliphatic hydroxyl groups excluding tert-OH is 3. The van der Waals surface area contributed by atoms with Gasteiger partial charge >= 0.3 is 53.7 Å². The van der Waals surface area contributed by atoms with Gasteiger partial charge in [0.25, 0.3) is 0 Å². The Labute approximate surface area is 261 Å². The normalized spacial score (nSPS) is 11.0. The third kappa shape index (κ3) is 23.1. The molecule has 24 nitrogen and oxygen atoms in total. The molecule has 0 aliphatic heterocycles. The van der Waals surface area contributed by atoms with E-state index in [4.69, 9.17) is 76.6 Å².